The molecular weight excluding hydrogens is 200 g/mol. The van der Waals surface area contributed by atoms with Crippen molar-refractivity contribution in [2.75, 3.05) is 6.61 Å². The van der Waals surface area contributed by atoms with E-state index in [4.69, 9.17) is 16.2 Å². The molecule has 3 aliphatic rings. The quantitative estimate of drug-likeness (QED) is 0.654. The molecule has 2 saturated carbocycles. The summed E-state index contributed by atoms with van der Waals surface area (Å²) in [5.74, 6) is 1.22. The smallest absolute Gasteiger partial charge is 0.0654 e. The van der Waals surface area contributed by atoms with E-state index in [9.17, 15) is 0 Å². The Balaban J connectivity index is 1.87. The van der Waals surface area contributed by atoms with Gasteiger partial charge >= 0.3 is 0 Å². The van der Waals surface area contributed by atoms with Crippen LogP contribution in [0.2, 0.25) is 0 Å². The van der Waals surface area contributed by atoms with E-state index in [-0.39, 0.29) is 11.1 Å². The first-order chi connectivity index (χ1) is 7.54. The molecule has 0 aromatic heterocycles. The molecule has 0 amide bonds. The van der Waals surface area contributed by atoms with Crippen LogP contribution in [0.3, 0.4) is 0 Å². The summed E-state index contributed by atoms with van der Waals surface area (Å²) in [6.07, 6.45) is 7.59. The molecule has 4 N–H and O–H groups in total. The zero-order valence-electron chi connectivity index (χ0n) is 10.2. The molecule has 92 valence electrons. The Morgan fingerprint density at radius 3 is 2.81 bits per heavy atom. The summed E-state index contributed by atoms with van der Waals surface area (Å²) in [6.45, 7) is 2.89. The Hall–Kier alpha value is -0.120. The van der Waals surface area contributed by atoms with E-state index in [1.165, 1.54) is 25.7 Å². The van der Waals surface area contributed by atoms with Crippen LogP contribution in [0.1, 0.15) is 45.4 Å². The summed E-state index contributed by atoms with van der Waals surface area (Å²) in [6, 6.07) is 0. The van der Waals surface area contributed by atoms with E-state index < -0.39 is 0 Å². The Morgan fingerprint density at radius 1 is 1.19 bits per heavy atom. The monoisotopic (exact) mass is 224 g/mol. The molecule has 0 aromatic carbocycles. The van der Waals surface area contributed by atoms with E-state index in [1.54, 1.807) is 0 Å². The molecule has 3 rings (SSSR count). The van der Waals surface area contributed by atoms with Gasteiger partial charge in [-0.15, -0.1) is 0 Å². The Bertz CT molecular complexity index is 290. The predicted octanol–water partition coefficient (Wildman–Crippen LogP) is 1.40. The van der Waals surface area contributed by atoms with Crippen molar-refractivity contribution in [2.24, 2.45) is 23.3 Å². The van der Waals surface area contributed by atoms with Gasteiger partial charge in [0.15, 0.2) is 0 Å². The SMILES string of the molecule is C[C@H]1OC[C@]2(N)C[C@]3(N)CCCCC3C[C@H]12. The molecule has 1 heterocycles. The predicted molar refractivity (Wildman–Crippen MR) is 63.9 cm³/mol. The third kappa shape index (κ3) is 1.45. The number of fused-ring (bicyclic) bond motifs is 2. The van der Waals surface area contributed by atoms with Gasteiger partial charge in [0.2, 0.25) is 0 Å². The standard InChI is InChI=1S/C13H24N2O/c1-9-11-6-10-4-2-3-5-12(10,14)7-13(11,15)8-16-9/h9-11H,2-8,14-15H2,1H3/t9-,10?,11-,12-,13-/m1/s1. The maximum absolute atomic E-state index is 6.62. The molecule has 0 radical (unpaired) electrons. The van der Waals surface area contributed by atoms with Gasteiger partial charge in [0.05, 0.1) is 12.7 Å². The highest BCUT2D eigenvalue weighted by atomic mass is 16.5. The molecule has 1 aliphatic heterocycles. The maximum Gasteiger partial charge on any atom is 0.0654 e. The molecule has 2 aliphatic carbocycles. The van der Waals surface area contributed by atoms with Gasteiger partial charge in [-0.1, -0.05) is 12.8 Å². The van der Waals surface area contributed by atoms with Gasteiger partial charge in [-0.2, -0.15) is 0 Å². The fourth-order valence-corrected chi connectivity index (χ4v) is 4.43. The summed E-state index contributed by atoms with van der Waals surface area (Å²) in [5.41, 5.74) is 13.0. The molecule has 16 heavy (non-hydrogen) atoms. The lowest BCUT2D eigenvalue weighted by Gasteiger charge is -2.53. The molecular formula is C13H24N2O. The molecule has 3 heteroatoms. The topological polar surface area (TPSA) is 61.3 Å². The van der Waals surface area contributed by atoms with Crippen LogP contribution < -0.4 is 11.5 Å². The van der Waals surface area contributed by atoms with Gasteiger partial charge in [0, 0.05) is 17.0 Å². The first-order valence-electron chi connectivity index (χ1n) is 6.73. The molecule has 0 spiro atoms. The molecule has 3 fully saturated rings. The van der Waals surface area contributed by atoms with Crippen molar-refractivity contribution < 1.29 is 4.74 Å². The molecule has 5 atom stereocenters. The Morgan fingerprint density at radius 2 is 2.00 bits per heavy atom. The van der Waals surface area contributed by atoms with Gasteiger partial charge in [0.25, 0.3) is 0 Å². The molecule has 1 saturated heterocycles. The van der Waals surface area contributed by atoms with Crippen LogP contribution in [0.4, 0.5) is 0 Å². The van der Waals surface area contributed by atoms with Gasteiger partial charge in [-0.3, -0.25) is 0 Å². The minimum Gasteiger partial charge on any atom is -0.376 e. The third-order valence-corrected chi connectivity index (χ3v) is 5.37. The zero-order chi connectivity index (χ0) is 11.4. The number of nitrogens with two attached hydrogens (primary N) is 2. The summed E-state index contributed by atoms with van der Waals surface area (Å²) in [7, 11) is 0. The van der Waals surface area contributed by atoms with Gasteiger partial charge < -0.3 is 16.2 Å². The third-order valence-electron chi connectivity index (χ3n) is 5.37. The van der Waals surface area contributed by atoms with E-state index in [0.717, 1.165) is 12.8 Å². The normalized spacial score (nSPS) is 56.8. The largest absolute Gasteiger partial charge is 0.376 e. The lowest BCUT2D eigenvalue weighted by Crippen LogP contribution is -2.65. The maximum atomic E-state index is 6.62. The van der Waals surface area contributed by atoms with Crippen molar-refractivity contribution >= 4 is 0 Å². The van der Waals surface area contributed by atoms with E-state index in [0.29, 0.717) is 24.5 Å². The molecule has 0 bridgehead atoms. The van der Waals surface area contributed by atoms with Crippen LogP contribution in [0.25, 0.3) is 0 Å². The van der Waals surface area contributed by atoms with Gasteiger partial charge in [-0.25, -0.2) is 0 Å². The lowest BCUT2D eigenvalue weighted by molar-refractivity contribution is 0.0459. The first kappa shape index (κ1) is 11.0. The molecule has 0 aromatic rings. The molecule has 1 unspecified atom stereocenters. The summed E-state index contributed by atoms with van der Waals surface area (Å²) < 4.78 is 5.77. The second-order valence-corrected chi connectivity index (χ2v) is 6.44. The van der Waals surface area contributed by atoms with Crippen molar-refractivity contribution in [3.63, 3.8) is 0 Å². The minimum atomic E-state index is -0.137. The minimum absolute atomic E-state index is 0.0108. The summed E-state index contributed by atoms with van der Waals surface area (Å²) in [5, 5.41) is 0. The van der Waals surface area contributed by atoms with Crippen LogP contribution in [0, 0.1) is 11.8 Å². The van der Waals surface area contributed by atoms with Crippen LogP contribution in [-0.4, -0.2) is 23.8 Å². The second-order valence-electron chi connectivity index (χ2n) is 6.44. The van der Waals surface area contributed by atoms with E-state index in [2.05, 4.69) is 6.92 Å². The van der Waals surface area contributed by atoms with Crippen molar-refractivity contribution in [1.82, 2.24) is 0 Å². The van der Waals surface area contributed by atoms with Crippen molar-refractivity contribution in [3.05, 3.63) is 0 Å². The van der Waals surface area contributed by atoms with Crippen molar-refractivity contribution in [2.45, 2.75) is 62.6 Å². The summed E-state index contributed by atoms with van der Waals surface area (Å²) in [4.78, 5) is 0. The fourth-order valence-electron chi connectivity index (χ4n) is 4.43. The van der Waals surface area contributed by atoms with Crippen LogP contribution in [-0.2, 0) is 4.74 Å². The highest BCUT2D eigenvalue weighted by Gasteiger charge is 2.56. The van der Waals surface area contributed by atoms with E-state index in [1.807, 2.05) is 0 Å². The lowest BCUT2D eigenvalue weighted by atomic mass is 9.56. The van der Waals surface area contributed by atoms with Crippen molar-refractivity contribution in [1.29, 1.82) is 0 Å². The number of ether oxygens (including phenoxy) is 1. The van der Waals surface area contributed by atoms with Gasteiger partial charge in [-0.05, 0) is 38.5 Å². The summed E-state index contributed by atoms with van der Waals surface area (Å²) >= 11 is 0. The van der Waals surface area contributed by atoms with Gasteiger partial charge in [0.1, 0.15) is 0 Å². The molecule has 3 nitrogen and oxygen atoms in total. The average Bonchev–Trinajstić information content (AvgIpc) is 2.50. The highest BCUT2D eigenvalue weighted by Crippen LogP contribution is 2.51. The number of rotatable bonds is 0. The first-order valence-corrected chi connectivity index (χ1v) is 6.73. The fraction of sp³-hybridized carbons (Fsp3) is 1.00. The van der Waals surface area contributed by atoms with Crippen LogP contribution in [0.5, 0.6) is 0 Å². The van der Waals surface area contributed by atoms with E-state index >= 15 is 0 Å². The second kappa shape index (κ2) is 3.44. The average molecular weight is 224 g/mol. The Labute approximate surface area is 97.9 Å². The van der Waals surface area contributed by atoms with Crippen LogP contribution in [0.15, 0.2) is 0 Å². The number of hydrogen-bond donors (Lipinski definition) is 2. The van der Waals surface area contributed by atoms with Crippen molar-refractivity contribution in [3.8, 4) is 0 Å². The zero-order valence-corrected chi connectivity index (χ0v) is 10.2. The number of hydrogen-bond acceptors (Lipinski definition) is 3. The highest BCUT2D eigenvalue weighted by molar-refractivity contribution is 5.13. The Kier molecular flexibility index (Phi) is 2.36. The van der Waals surface area contributed by atoms with Crippen LogP contribution >= 0.6 is 0 Å².